The van der Waals surface area contributed by atoms with Gasteiger partial charge in [0.1, 0.15) is 5.75 Å². The van der Waals surface area contributed by atoms with Gasteiger partial charge in [-0.15, -0.1) is 0 Å². The second-order valence-corrected chi connectivity index (χ2v) is 4.93. The maximum atomic E-state index is 9.15. The molecule has 4 nitrogen and oxygen atoms in total. The number of fused-ring (bicyclic) bond motifs is 1. The average molecular weight is 277 g/mol. The molecule has 3 aromatic rings. The van der Waals surface area contributed by atoms with Crippen LogP contribution in [0.5, 0.6) is 5.75 Å². The van der Waals surface area contributed by atoms with E-state index in [1.807, 2.05) is 49.5 Å². The molecule has 2 aromatic heterocycles. The van der Waals surface area contributed by atoms with E-state index in [0.717, 1.165) is 28.0 Å². The van der Waals surface area contributed by atoms with E-state index in [-0.39, 0.29) is 0 Å². The molecule has 4 heteroatoms. The van der Waals surface area contributed by atoms with E-state index < -0.39 is 0 Å². The van der Waals surface area contributed by atoms with Crippen LogP contribution in [-0.2, 0) is 6.54 Å². The molecule has 0 N–H and O–H groups in total. The predicted molar refractivity (Wildman–Crippen MR) is 81.3 cm³/mol. The molecular weight excluding hydrogens is 262 g/mol. The van der Waals surface area contributed by atoms with Crippen molar-refractivity contribution < 1.29 is 4.74 Å². The minimum Gasteiger partial charge on any atom is -0.497 e. The number of ether oxygens (including phenoxy) is 1. The molecule has 0 spiro atoms. The first-order valence-corrected chi connectivity index (χ1v) is 6.71. The Hall–Kier alpha value is -2.80. The molecule has 3 rings (SSSR count). The van der Waals surface area contributed by atoms with Crippen LogP contribution < -0.4 is 4.74 Å². The molecule has 0 fully saturated rings. The minimum absolute atomic E-state index is 0.649. The molecule has 0 aliphatic carbocycles. The number of hydrogen-bond donors (Lipinski definition) is 0. The van der Waals surface area contributed by atoms with Crippen molar-refractivity contribution in [2.24, 2.45) is 0 Å². The predicted octanol–water partition coefficient (Wildman–Crippen LogP) is 3.27. The summed E-state index contributed by atoms with van der Waals surface area (Å²) in [6, 6.07) is 13.8. The van der Waals surface area contributed by atoms with Crippen LogP contribution in [0.1, 0.15) is 17.0 Å². The Balaban J connectivity index is 2.03. The fourth-order valence-electron chi connectivity index (χ4n) is 2.54. The van der Waals surface area contributed by atoms with Gasteiger partial charge in [0.2, 0.25) is 0 Å². The first kappa shape index (κ1) is 13.2. The Bertz CT molecular complexity index is 843. The summed E-state index contributed by atoms with van der Waals surface area (Å²) in [7, 11) is 1.66. The summed E-state index contributed by atoms with van der Waals surface area (Å²) in [5, 5.41) is 10.1. The summed E-state index contributed by atoms with van der Waals surface area (Å²) < 4.78 is 7.38. The molecule has 0 radical (unpaired) electrons. The second-order valence-electron chi connectivity index (χ2n) is 4.93. The fourth-order valence-corrected chi connectivity index (χ4v) is 2.54. The highest BCUT2D eigenvalue weighted by Crippen LogP contribution is 2.21. The Kier molecular flexibility index (Phi) is 3.33. The third kappa shape index (κ3) is 2.46. The largest absolute Gasteiger partial charge is 0.497 e. The van der Waals surface area contributed by atoms with Crippen LogP contribution in [0.25, 0.3) is 10.9 Å². The first-order valence-electron chi connectivity index (χ1n) is 6.71. The van der Waals surface area contributed by atoms with Gasteiger partial charge in [-0.2, -0.15) is 5.26 Å². The van der Waals surface area contributed by atoms with Gasteiger partial charge in [0.15, 0.2) is 0 Å². The van der Waals surface area contributed by atoms with Crippen LogP contribution in [0.3, 0.4) is 0 Å². The van der Waals surface area contributed by atoms with Crippen molar-refractivity contribution in [3.05, 3.63) is 59.5 Å². The van der Waals surface area contributed by atoms with Crippen molar-refractivity contribution in [1.82, 2.24) is 9.55 Å². The van der Waals surface area contributed by atoms with E-state index in [2.05, 4.69) is 15.6 Å². The third-order valence-corrected chi connectivity index (χ3v) is 3.48. The number of nitrogens with zero attached hydrogens (tertiary/aromatic N) is 3. The summed E-state index contributed by atoms with van der Waals surface area (Å²) in [5.41, 5.74) is 3.60. The maximum Gasteiger partial charge on any atom is 0.122 e. The van der Waals surface area contributed by atoms with Gasteiger partial charge in [0.25, 0.3) is 0 Å². The lowest BCUT2D eigenvalue weighted by atomic mass is 10.1. The number of benzene rings is 1. The van der Waals surface area contributed by atoms with Crippen LogP contribution >= 0.6 is 0 Å². The van der Waals surface area contributed by atoms with Gasteiger partial charge in [-0.05, 0) is 25.1 Å². The summed E-state index contributed by atoms with van der Waals surface area (Å²) in [5.74, 6) is 0.812. The third-order valence-electron chi connectivity index (χ3n) is 3.48. The zero-order valence-corrected chi connectivity index (χ0v) is 12.0. The number of hydrogen-bond acceptors (Lipinski definition) is 3. The molecule has 0 saturated carbocycles. The zero-order chi connectivity index (χ0) is 14.8. The lowest BCUT2D eigenvalue weighted by molar-refractivity contribution is 0.413. The van der Waals surface area contributed by atoms with E-state index in [1.54, 1.807) is 7.11 Å². The first-order chi connectivity index (χ1) is 10.2. The number of pyridine rings is 1. The molecule has 0 aliphatic rings. The SMILES string of the molecule is COc1cc(C)nc(Cn2ccc3c(C#N)cccc32)c1. The highest BCUT2D eigenvalue weighted by Gasteiger charge is 2.07. The molecule has 0 aliphatic heterocycles. The zero-order valence-electron chi connectivity index (χ0n) is 12.0. The standard InChI is InChI=1S/C17H15N3O/c1-12-8-15(21-2)9-14(19-12)11-20-7-6-16-13(10-18)4-3-5-17(16)20/h3-9H,11H2,1-2H3. The Morgan fingerprint density at radius 3 is 2.90 bits per heavy atom. The molecule has 0 saturated heterocycles. The van der Waals surface area contributed by atoms with Crippen molar-refractivity contribution in [2.75, 3.05) is 7.11 Å². The van der Waals surface area contributed by atoms with E-state index in [1.165, 1.54) is 0 Å². The topological polar surface area (TPSA) is 50.8 Å². The van der Waals surface area contributed by atoms with Gasteiger partial charge in [0, 0.05) is 34.9 Å². The van der Waals surface area contributed by atoms with Crippen LogP contribution in [0.4, 0.5) is 0 Å². The number of methoxy groups -OCH3 is 1. The molecular formula is C17H15N3O. The van der Waals surface area contributed by atoms with Gasteiger partial charge in [-0.3, -0.25) is 4.98 Å². The second kappa shape index (κ2) is 5.29. The molecule has 0 atom stereocenters. The van der Waals surface area contributed by atoms with Crippen LogP contribution in [0.15, 0.2) is 42.6 Å². The van der Waals surface area contributed by atoms with E-state index in [9.17, 15) is 0 Å². The Morgan fingerprint density at radius 2 is 2.14 bits per heavy atom. The average Bonchev–Trinajstić information content (AvgIpc) is 2.89. The molecule has 0 bridgehead atoms. The van der Waals surface area contributed by atoms with Gasteiger partial charge >= 0.3 is 0 Å². The normalized spacial score (nSPS) is 10.5. The van der Waals surface area contributed by atoms with Crippen LogP contribution in [0.2, 0.25) is 0 Å². The van der Waals surface area contributed by atoms with Crippen LogP contribution in [0, 0.1) is 18.3 Å². The summed E-state index contributed by atoms with van der Waals surface area (Å²) >= 11 is 0. The van der Waals surface area contributed by atoms with Gasteiger partial charge < -0.3 is 9.30 Å². The molecule has 1 aromatic carbocycles. The van der Waals surface area contributed by atoms with Crippen molar-refractivity contribution in [3.63, 3.8) is 0 Å². The monoisotopic (exact) mass is 277 g/mol. The Labute approximate surface area is 123 Å². The number of aromatic nitrogens is 2. The molecule has 21 heavy (non-hydrogen) atoms. The number of rotatable bonds is 3. The lowest BCUT2D eigenvalue weighted by Crippen LogP contribution is -2.02. The van der Waals surface area contributed by atoms with E-state index >= 15 is 0 Å². The summed E-state index contributed by atoms with van der Waals surface area (Å²) in [6.07, 6.45) is 1.99. The van der Waals surface area contributed by atoms with Gasteiger partial charge in [-0.25, -0.2) is 0 Å². The molecule has 2 heterocycles. The Morgan fingerprint density at radius 1 is 1.29 bits per heavy atom. The maximum absolute atomic E-state index is 9.15. The molecule has 104 valence electrons. The number of aryl methyl sites for hydroxylation is 1. The van der Waals surface area contributed by atoms with Crippen molar-refractivity contribution in [3.8, 4) is 11.8 Å². The van der Waals surface area contributed by atoms with Crippen LogP contribution in [-0.4, -0.2) is 16.7 Å². The quantitative estimate of drug-likeness (QED) is 0.738. The van der Waals surface area contributed by atoms with Gasteiger partial charge in [-0.1, -0.05) is 6.07 Å². The molecule has 0 amide bonds. The highest BCUT2D eigenvalue weighted by atomic mass is 16.5. The smallest absolute Gasteiger partial charge is 0.122 e. The molecule has 0 unspecified atom stereocenters. The highest BCUT2D eigenvalue weighted by molar-refractivity contribution is 5.86. The number of nitriles is 1. The van der Waals surface area contributed by atoms with Crippen molar-refractivity contribution >= 4 is 10.9 Å². The van der Waals surface area contributed by atoms with E-state index in [4.69, 9.17) is 10.00 Å². The van der Waals surface area contributed by atoms with Gasteiger partial charge in [0.05, 0.1) is 31.0 Å². The lowest BCUT2D eigenvalue weighted by Gasteiger charge is -2.08. The minimum atomic E-state index is 0.649. The summed E-state index contributed by atoms with van der Waals surface area (Å²) in [6.45, 7) is 2.60. The fraction of sp³-hybridized carbons (Fsp3) is 0.176. The van der Waals surface area contributed by atoms with Crippen molar-refractivity contribution in [2.45, 2.75) is 13.5 Å². The van der Waals surface area contributed by atoms with Crippen molar-refractivity contribution in [1.29, 1.82) is 5.26 Å². The van der Waals surface area contributed by atoms with E-state index in [0.29, 0.717) is 12.1 Å². The summed E-state index contributed by atoms with van der Waals surface area (Å²) in [4.78, 5) is 4.54.